The summed E-state index contributed by atoms with van der Waals surface area (Å²) >= 11 is 0. The van der Waals surface area contributed by atoms with Gasteiger partial charge in [-0.1, -0.05) is 42.5 Å². The smallest absolute Gasteiger partial charge is 0.407 e. The molecule has 0 bridgehead atoms. The number of amides is 1. The van der Waals surface area contributed by atoms with Crippen molar-refractivity contribution in [3.8, 4) is 5.75 Å². The molecule has 8 nitrogen and oxygen atoms in total. The standard InChI is InChI=1S/C19H18N2O6/c22-12-16-10-15(11-17(18(16)23)21(25)26)8-4-5-9-20-19(24)27-13-14-6-2-1-3-7-14/h1-4,6-8,10-12,23H,5,9,13H2,(H,20,24). The molecule has 2 rings (SSSR count). The zero-order chi connectivity index (χ0) is 19.6. The zero-order valence-electron chi connectivity index (χ0n) is 14.3. The van der Waals surface area contributed by atoms with Gasteiger partial charge in [0.25, 0.3) is 0 Å². The second-order valence-corrected chi connectivity index (χ2v) is 5.53. The van der Waals surface area contributed by atoms with E-state index in [0.29, 0.717) is 24.8 Å². The van der Waals surface area contributed by atoms with Crippen LogP contribution in [0.5, 0.6) is 5.75 Å². The van der Waals surface area contributed by atoms with Gasteiger partial charge in [-0.15, -0.1) is 0 Å². The third-order valence-electron chi connectivity index (χ3n) is 3.57. The molecule has 0 aliphatic carbocycles. The maximum atomic E-state index is 11.6. The summed E-state index contributed by atoms with van der Waals surface area (Å²) in [6.07, 6.45) is 3.50. The van der Waals surface area contributed by atoms with E-state index in [1.807, 2.05) is 30.3 Å². The summed E-state index contributed by atoms with van der Waals surface area (Å²) in [6.45, 7) is 0.485. The average molecular weight is 370 g/mol. The predicted octanol–water partition coefficient (Wildman–Crippen LogP) is 3.44. The summed E-state index contributed by atoms with van der Waals surface area (Å²) in [6, 6.07) is 11.8. The number of aldehydes is 1. The molecule has 2 aromatic carbocycles. The third-order valence-corrected chi connectivity index (χ3v) is 3.57. The molecule has 2 aromatic rings. The van der Waals surface area contributed by atoms with Gasteiger partial charge in [-0.05, 0) is 23.6 Å². The quantitative estimate of drug-likeness (QED) is 0.318. The van der Waals surface area contributed by atoms with E-state index in [1.165, 1.54) is 12.1 Å². The Morgan fingerprint density at radius 3 is 2.67 bits per heavy atom. The van der Waals surface area contributed by atoms with Gasteiger partial charge < -0.3 is 15.2 Å². The van der Waals surface area contributed by atoms with Crippen LogP contribution in [0.4, 0.5) is 10.5 Å². The average Bonchev–Trinajstić information content (AvgIpc) is 2.67. The molecule has 27 heavy (non-hydrogen) atoms. The number of nitrogens with one attached hydrogen (secondary N) is 1. The summed E-state index contributed by atoms with van der Waals surface area (Å²) in [7, 11) is 0. The van der Waals surface area contributed by atoms with Crippen molar-refractivity contribution >= 4 is 24.1 Å². The molecular weight excluding hydrogens is 352 g/mol. The van der Waals surface area contributed by atoms with Crippen LogP contribution in [-0.4, -0.2) is 29.0 Å². The number of hydrogen-bond acceptors (Lipinski definition) is 6. The Morgan fingerprint density at radius 1 is 1.26 bits per heavy atom. The third kappa shape index (κ3) is 5.96. The monoisotopic (exact) mass is 370 g/mol. The molecule has 0 aliphatic heterocycles. The van der Waals surface area contributed by atoms with Crippen LogP contribution in [0.3, 0.4) is 0 Å². The van der Waals surface area contributed by atoms with Gasteiger partial charge in [0.05, 0.1) is 10.5 Å². The van der Waals surface area contributed by atoms with Crippen molar-refractivity contribution in [1.82, 2.24) is 5.32 Å². The number of benzene rings is 2. The fourth-order valence-corrected chi connectivity index (χ4v) is 2.24. The second kappa shape index (κ2) is 9.71. The molecule has 0 aliphatic rings. The molecule has 0 unspecified atom stereocenters. The highest BCUT2D eigenvalue weighted by Gasteiger charge is 2.17. The van der Waals surface area contributed by atoms with Gasteiger partial charge in [0.15, 0.2) is 6.29 Å². The van der Waals surface area contributed by atoms with E-state index in [4.69, 9.17) is 4.74 Å². The minimum absolute atomic E-state index is 0.161. The molecule has 140 valence electrons. The number of aromatic hydroxyl groups is 1. The number of alkyl carbamates (subject to hydrolysis) is 1. The number of phenolic OH excluding ortho intramolecular Hbond substituents is 1. The molecule has 0 heterocycles. The highest BCUT2D eigenvalue weighted by Crippen LogP contribution is 2.30. The lowest BCUT2D eigenvalue weighted by molar-refractivity contribution is -0.385. The SMILES string of the molecule is O=Cc1cc(C=CCCNC(=O)OCc2ccccc2)cc([N+](=O)[O-])c1O. The summed E-state index contributed by atoms with van der Waals surface area (Å²) < 4.78 is 5.06. The van der Waals surface area contributed by atoms with E-state index in [9.17, 15) is 24.8 Å². The first-order valence-electron chi connectivity index (χ1n) is 8.09. The fourth-order valence-electron chi connectivity index (χ4n) is 2.24. The summed E-state index contributed by atoms with van der Waals surface area (Å²) in [5.41, 5.74) is 0.578. The lowest BCUT2D eigenvalue weighted by Gasteiger charge is -2.06. The van der Waals surface area contributed by atoms with Crippen molar-refractivity contribution in [3.05, 3.63) is 75.3 Å². The molecular formula is C19H18N2O6. The number of carbonyl (C=O) groups excluding carboxylic acids is 2. The first kappa shape index (κ1) is 19.6. The van der Waals surface area contributed by atoms with Gasteiger partial charge in [-0.25, -0.2) is 4.79 Å². The Balaban J connectivity index is 1.82. The van der Waals surface area contributed by atoms with E-state index >= 15 is 0 Å². The maximum Gasteiger partial charge on any atom is 0.407 e. The highest BCUT2D eigenvalue weighted by molar-refractivity contribution is 5.83. The number of rotatable bonds is 8. The Labute approximate surface area is 155 Å². The first-order chi connectivity index (χ1) is 13.0. The van der Waals surface area contributed by atoms with E-state index in [0.717, 1.165) is 5.56 Å². The van der Waals surface area contributed by atoms with Crippen molar-refractivity contribution in [2.45, 2.75) is 13.0 Å². The largest absolute Gasteiger partial charge is 0.502 e. The fraction of sp³-hybridized carbons (Fsp3) is 0.158. The number of phenols is 1. The van der Waals surface area contributed by atoms with Crippen molar-refractivity contribution in [2.75, 3.05) is 6.54 Å². The Bertz CT molecular complexity index is 849. The topological polar surface area (TPSA) is 119 Å². The number of nitrogens with zero attached hydrogens (tertiary/aromatic N) is 1. The minimum Gasteiger partial charge on any atom is -0.502 e. The molecule has 2 N–H and O–H groups in total. The number of carbonyl (C=O) groups is 2. The number of ether oxygens (including phenoxy) is 1. The van der Waals surface area contributed by atoms with Crippen LogP contribution in [-0.2, 0) is 11.3 Å². The normalized spacial score (nSPS) is 10.5. The molecule has 0 aromatic heterocycles. The van der Waals surface area contributed by atoms with Gasteiger partial charge in [0, 0.05) is 12.6 Å². The van der Waals surface area contributed by atoms with E-state index < -0.39 is 22.5 Å². The molecule has 0 saturated carbocycles. The minimum atomic E-state index is -0.760. The van der Waals surface area contributed by atoms with Crippen LogP contribution in [0.15, 0.2) is 48.5 Å². The molecule has 0 spiro atoms. The highest BCUT2D eigenvalue weighted by atomic mass is 16.6. The summed E-state index contributed by atoms with van der Waals surface area (Å²) in [4.78, 5) is 32.6. The molecule has 0 saturated heterocycles. The van der Waals surface area contributed by atoms with Crippen LogP contribution >= 0.6 is 0 Å². The first-order valence-corrected chi connectivity index (χ1v) is 8.09. The molecule has 0 radical (unpaired) electrons. The van der Waals surface area contributed by atoms with Crippen LogP contribution in [0.2, 0.25) is 0 Å². The maximum absolute atomic E-state index is 11.6. The number of hydrogen-bond donors (Lipinski definition) is 2. The van der Waals surface area contributed by atoms with E-state index in [2.05, 4.69) is 5.32 Å². The van der Waals surface area contributed by atoms with Crippen molar-refractivity contribution in [2.24, 2.45) is 0 Å². The van der Waals surface area contributed by atoms with E-state index in [-0.39, 0.29) is 12.2 Å². The predicted molar refractivity (Wildman–Crippen MR) is 98.4 cm³/mol. The lowest BCUT2D eigenvalue weighted by atomic mass is 10.1. The Hall–Kier alpha value is -3.68. The molecule has 0 atom stereocenters. The molecule has 8 heteroatoms. The van der Waals surface area contributed by atoms with Crippen molar-refractivity contribution in [1.29, 1.82) is 0 Å². The number of nitro benzene ring substituents is 1. The van der Waals surface area contributed by atoms with Crippen molar-refractivity contribution < 1.29 is 24.4 Å². The summed E-state index contributed by atoms with van der Waals surface area (Å²) in [5.74, 6) is -0.657. The van der Waals surface area contributed by atoms with Crippen LogP contribution in [0.25, 0.3) is 6.08 Å². The number of nitro groups is 1. The lowest BCUT2D eigenvalue weighted by Crippen LogP contribution is -2.24. The van der Waals surface area contributed by atoms with Crippen LogP contribution in [0.1, 0.15) is 27.9 Å². The zero-order valence-corrected chi connectivity index (χ0v) is 14.3. The van der Waals surface area contributed by atoms with Gasteiger partial charge in [0.2, 0.25) is 5.75 Å². The Kier molecular flexibility index (Phi) is 7.07. The van der Waals surface area contributed by atoms with Crippen LogP contribution < -0.4 is 5.32 Å². The van der Waals surface area contributed by atoms with Crippen LogP contribution in [0, 0.1) is 10.1 Å². The van der Waals surface area contributed by atoms with Gasteiger partial charge in [0.1, 0.15) is 6.61 Å². The van der Waals surface area contributed by atoms with Gasteiger partial charge >= 0.3 is 11.8 Å². The van der Waals surface area contributed by atoms with Crippen molar-refractivity contribution in [3.63, 3.8) is 0 Å². The second-order valence-electron chi connectivity index (χ2n) is 5.53. The Morgan fingerprint density at radius 2 is 2.00 bits per heavy atom. The van der Waals surface area contributed by atoms with Gasteiger partial charge in [-0.3, -0.25) is 14.9 Å². The van der Waals surface area contributed by atoms with E-state index in [1.54, 1.807) is 12.2 Å². The summed E-state index contributed by atoms with van der Waals surface area (Å²) in [5, 5.41) is 23.1. The molecule has 1 amide bonds. The molecule has 0 fully saturated rings. The van der Waals surface area contributed by atoms with Gasteiger partial charge in [-0.2, -0.15) is 0 Å².